The lowest BCUT2D eigenvalue weighted by molar-refractivity contribution is 0.0737. The lowest BCUT2D eigenvalue weighted by Crippen LogP contribution is -2.30. The van der Waals surface area contributed by atoms with Crippen LogP contribution in [-0.4, -0.2) is 27.5 Å². The average Bonchev–Trinajstić information content (AvgIpc) is 3.22. The molecule has 1 atom stereocenters. The van der Waals surface area contributed by atoms with Crippen molar-refractivity contribution in [2.45, 2.75) is 18.9 Å². The summed E-state index contributed by atoms with van der Waals surface area (Å²) in [5.41, 5.74) is 2.22. The van der Waals surface area contributed by atoms with Crippen LogP contribution in [0.2, 0.25) is 0 Å². The molecule has 1 fully saturated rings. The van der Waals surface area contributed by atoms with Gasteiger partial charge < -0.3 is 4.90 Å². The maximum atomic E-state index is 13.5. The van der Waals surface area contributed by atoms with Gasteiger partial charge in [-0.1, -0.05) is 24.3 Å². The summed E-state index contributed by atoms with van der Waals surface area (Å²) in [6.07, 6.45) is 3.49. The first kappa shape index (κ1) is 13.9. The fraction of sp³-hybridized carbons (Fsp3) is 0.222. The van der Waals surface area contributed by atoms with Crippen molar-refractivity contribution in [3.63, 3.8) is 0 Å². The van der Waals surface area contributed by atoms with Crippen LogP contribution in [0.3, 0.4) is 0 Å². The zero-order valence-corrected chi connectivity index (χ0v) is 12.5. The predicted molar refractivity (Wildman–Crippen MR) is 85.5 cm³/mol. The molecule has 1 saturated heterocycles. The van der Waals surface area contributed by atoms with E-state index in [-0.39, 0.29) is 17.8 Å². The molecule has 2 aromatic carbocycles. The van der Waals surface area contributed by atoms with Crippen molar-refractivity contribution in [3.8, 4) is 0 Å². The summed E-state index contributed by atoms with van der Waals surface area (Å²) < 4.78 is 13.5. The SMILES string of the molecule is O=C(c1cccc2cn[nH]c12)N1CCCC1c1cccc(F)c1. The van der Waals surface area contributed by atoms with Gasteiger partial charge in [0.1, 0.15) is 5.82 Å². The van der Waals surface area contributed by atoms with Gasteiger partial charge in [-0.2, -0.15) is 5.10 Å². The molecular weight excluding hydrogens is 293 g/mol. The van der Waals surface area contributed by atoms with Crippen LogP contribution in [0, 0.1) is 5.82 Å². The Morgan fingerprint density at radius 3 is 3.00 bits per heavy atom. The minimum Gasteiger partial charge on any atom is -0.332 e. The number of nitrogens with zero attached hydrogens (tertiary/aromatic N) is 2. The number of likely N-dealkylation sites (tertiary alicyclic amines) is 1. The van der Waals surface area contributed by atoms with Gasteiger partial charge in [-0.25, -0.2) is 4.39 Å². The van der Waals surface area contributed by atoms with Crippen molar-refractivity contribution in [1.82, 2.24) is 15.1 Å². The highest BCUT2D eigenvalue weighted by Gasteiger charge is 2.31. The number of H-pyrrole nitrogens is 1. The summed E-state index contributed by atoms with van der Waals surface area (Å²) in [5, 5.41) is 7.83. The van der Waals surface area contributed by atoms with Crippen molar-refractivity contribution < 1.29 is 9.18 Å². The van der Waals surface area contributed by atoms with E-state index in [1.165, 1.54) is 12.1 Å². The molecule has 0 bridgehead atoms. The highest BCUT2D eigenvalue weighted by molar-refractivity contribution is 6.05. The van der Waals surface area contributed by atoms with Gasteiger partial charge in [0.05, 0.1) is 23.3 Å². The van der Waals surface area contributed by atoms with Gasteiger partial charge in [0, 0.05) is 11.9 Å². The van der Waals surface area contributed by atoms with Crippen molar-refractivity contribution >= 4 is 16.8 Å². The number of aromatic nitrogens is 2. The van der Waals surface area contributed by atoms with E-state index in [9.17, 15) is 9.18 Å². The number of fused-ring (bicyclic) bond motifs is 1. The Morgan fingerprint density at radius 2 is 2.13 bits per heavy atom. The Labute approximate surface area is 132 Å². The summed E-state index contributed by atoms with van der Waals surface area (Å²) in [5.74, 6) is -0.302. The second-order valence-electron chi connectivity index (χ2n) is 5.85. The Morgan fingerprint density at radius 1 is 1.26 bits per heavy atom. The van der Waals surface area contributed by atoms with Crippen molar-refractivity contribution in [1.29, 1.82) is 0 Å². The molecule has 5 heteroatoms. The van der Waals surface area contributed by atoms with Crippen LogP contribution >= 0.6 is 0 Å². The number of hydrogen-bond acceptors (Lipinski definition) is 2. The topological polar surface area (TPSA) is 49.0 Å². The standard InChI is InChI=1S/C18H16FN3O/c19-14-6-1-4-12(10-14)16-8-3-9-22(16)18(23)15-7-2-5-13-11-20-21-17(13)15/h1-2,4-7,10-11,16H,3,8-9H2,(H,20,21). The van der Waals surface area contributed by atoms with Crippen molar-refractivity contribution in [2.24, 2.45) is 0 Å². The molecule has 1 unspecified atom stereocenters. The molecule has 0 saturated carbocycles. The molecule has 1 aliphatic rings. The number of halogens is 1. The Kier molecular flexibility index (Phi) is 3.33. The summed E-state index contributed by atoms with van der Waals surface area (Å²) in [6.45, 7) is 0.685. The first-order chi connectivity index (χ1) is 11.2. The number of benzene rings is 2. The third-order valence-electron chi connectivity index (χ3n) is 4.45. The fourth-order valence-corrected chi connectivity index (χ4v) is 3.37. The second-order valence-corrected chi connectivity index (χ2v) is 5.85. The van der Waals surface area contributed by atoms with Crippen LogP contribution in [0.5, 0.6) is 0 Å². The molecule has 3 aromatic rings. The van der Waals surface area contributed by atoms with E-state index in [1.807, 2.05) is 29.2 Å². The number of amides is 1. The van der Waals surface area contributed by atoms with E-state index in [4.69, 9.17) is 0 Å². The molecule has 0 radical (unpaired) electrons. The fourth-order valence-electron chi connectivity index (χ4n) is 3.37. The Bertz CT molecular complexity index is 873. The Hall–Kier alpha value is -2.69. The Balaban J connectivity index is 1.71. The number of rotatable bonds is 2. The molecule has 4 nitrogen and oxygen atoms in total. The van der Waals surface area contributed by atoms with Crippen LogP contribution < -0.4 is 0 Å². The van der Waals surface area contributed by atoms with Crippen LogP contribution in [0.15, 0.2) is 48.7 Å². The van der Waals surface area contributed by atoms with Crippen LogP contribution in [-0.2, 0) is 0 Å². The molecule has 2 heterocycles. The number of nitrogens with one attached hydrogen (secondary N) is 1. The predicted octanol–water partition coefficient (Wildman–Crippen LogP) is 3.68. The highest BCUT2D eigenvalue weighted by Crippen LogP contribution is 2.34. The molecule has 116 valence electrons. The molecule has 0 aliphatic carbocycles. The van der Waals surface area contributed by atoms with Gasteiger partial charge >= 0.3 is 0 Å². The van der Waals surface area contributed by atoms with Crippen molar-refractivity contribution in [3.05, 3.63) is 65.6 Å². The van der Waals surface area contributed by atoms with Crippen LogP contribution in [0.1, 0.15) is 34.8 Å². The number of carbonyl (C=O) groups is 1. The second kappa shape index (κ2) is 5.50. The third-order valence-corrected chi connectivity index (χ3v) is 4.45. The monoisotopic (exact) mass is 309 g/mol. The van der Waals surface area contributed by atoms with E-state index >= 15 is 0 Å². The summed E-state index contributed by atoms with van der Waals surface area (Å²) in [4.78, 5) is 14.8. The van der Waals surface area contributed by atoms with Gasteiger partial charge in [0.25, 0.3) is 5.91 Å². The highest BCUT2D eigenvalue weighted by atomic mass is 19.1. The number of carbonyl (C=O) groups excluding carboxylic acids is 1. The lowest BCUT2D eigenvalue weighted by Gasteiger charge is -2.25. The quantitative estimate of drug-likeness (QED) is 0.785. The van der Waals surface area contributed by atoms with E-state index in [0.29, 0.717) is 12.1 Å². The lowest BCUT2D eigenvalue weighted by atomic mass is 10.0. The van der Waals surface area contributed by atoms with E-state index in [2.05, 4.69) is 10.2 Å². The maximum absolute atomic E-state index is 13.5. The number of para-hydroxylation sites is 1. The van der Waals surface area contributed by atoms with Gasteiger partial charge in [0.15, 0.2) is 0 Å². The number of aromatic amines is 1. The molecule has 4 rings (SSSR count). The van der Waals surface area contributed by atoms with E-state index in [0.717, 1.165) is 29.3 Å². The van der Waals surface area contributed by atoms with Gasteiger partial charge in [-0.05, 0) is 36.6 Å². The normalized spacial score (nSPS) is 17.8. The van der Waals surface area contributed by atoms with Gasteiger partial charge in [0.2, 0.25) is 0 Å². The average molecular weight is 309 g/mol. The largest absolute Gasteiger partial charge is 0.332 e. The maximum Gasteiger partial charge on any atom is 0.256 e. The van der Waals surface area contributed by atoms with E-state index in [1.54, 1.807) is 12.3 Å². The molecule has 1 N–H and O–H groups in total. The molecular formula is C18H16FN3O. The third kappa shape index (κ3) is 2.38. The zero-order chi connectivity index (χ0) is 15.8. The molecule has 1 aliphatic heterocycles. The minimum atomic E-state index is -0.266. The minimum absolute atomic E-state index is 0.0355. The summed E-state index contributed by atoms with van der Waals surface area (Å²) in [6, 6.07) is 12.0. The molecule has 0 spiro atoms. The van der Waals surface area contributed by atoms with Gasteiger partial charge in [-0.15, -0.1) is 0 Å². The smallest absolute Gasteiger partial charge is 0.256 e. The zero-order valence-electron chi connectivity index (χ0n) is 12.5. The molecule has 1 amide bonds. The van der Waals surface area contributed by atoms with Gasteiger partial charge in [-0.3, -0.25) is 9.89 Å². The summed E-state index contributed by atoms with van der Waals surface area (Å²) >= 11 is 0. The first-order valence-electron chi connectivity index (χ1n) is 7.72. The first-order valence-corrected chi connectivity index (χ1v) is 7.72. The van der Waals surface area contributed by atoms with E-state index < -0.39 is 0 Å². The van der Waals surface area contributed by atoms with Crippen LogP contribution in [0.25, 0.3) is 10.9 Å². The summed E-state index contributed by atoms with van der Waals surface area (Å²) in [7, 11) is 0. The van der Waals surface area contributed by atoms with Crippen LogP contribution in [0.4, 0.5) is 4.39 Å². The molecule has 1 aromatic heterocycles. The molecule has 23 heavy (non-hydrogen) atoms. The van der Waals surface area contributed by atoms with Crippen molar-refractivity contribution in [2.75, 3.05) is 6.54 Å². The number of hydrogen-bond donors (Lipinski definition) is 1.